The molecular formula is C12H14N2O3. The molecule has 1 N–H and O–H groups in total. The fourth-order valence-corrected chi connectivity index (χ4v) is 2.09. The summed E-state index contributed by atoms with van der Waals surface area (Å²) in [5.41, 5.74) is 1.82. The Balaban J connectivity index is 2.62. The molecule has 2 rings (SSSR count). The summed E-state index contributed by atoms with van der Waals surface area (Å²) in [5.74, 6) is 0. The Hall–Kier alpha value is -1.88. The van der Waals surface area contributed by atoms with E-state index >= 15 is 0 Å². The van der Waals surface area contributed by atoms with Crippen molar-refractivity contribution in [2.75, 3.05) is 6.61 Å². The number of fused-ring (bicyclic) bond motifs is 1. The standard InChI is InChI=1S/C12H14N2O3/c1-13-7-6-10-9(3-2-8-15)12(14(16)17)5-4-11(10)13/h4-7,15H,2-3,8H2,1H3. The molecule has 0 aliphatic carbocycles. The van der Waals surface area contributed by atoms with E-state index in [1.54, 1.807) is 6.07 Å². The highest BCUT2D eigenvalue weighted by Gasteiger charge is 2.17. The number of nitro benzene ring substituents is 1. The quantitative estimate of drug-likeness (QED) is 0.650. The molecule has 0 spiro atoms. The van der Waals surface area contributed by atoms with Gasteiger partial charge in [-0.05, 0) is 25.0 Å². The van der Waals surface area contributed by atoms with Crippen LogP contribution in [0.5, 0.6) is 0 Å². The lowest BCUT2D eigenvalue weighted by molar-refractivity contribution is -0.385. The van der Waals surface area contributed by atoms with Crippen molar-refractivity contribution in [3.05, 3.63) is 40.1 Å². The first-order valence-corrected chi connectivity index (χ1v) is 5.47. The Labute approximate surface area is 98.4 Å². The SMILES string of the molecule is Cn1ccc2c(CCCO)c([N+](=O)[O-])ccc21. The lowest BCUT2D eigenvalue weighted by Gasteiger charge is -2.05. The smallest absolute Gasteiger partial charge is 0.273 e. The van der Waals surface area contributed by atoms with Gasteiger partial charge >= 0.3 is 0 Å². The maximum absolute atomic E-state index is 11.0. The lowest BCUT2D eigenvalue weighted by atomic mass is 10.0. The fraction of sp³-hybridized carbons (Fsp3) is 0.333. The van der Waals surface area contributed by atoms with Crippen molar-refractivity contribution in [3.63, 3.8) is 0 Å². The van der Waals surface area contributed by atoms with Crippen LogP contribution in [0, 0.1) is 10.1 Å². The van der Waals surface area contributed by atoms with Gasteiger partial charge in [0.15, 0.2) is 0 Å². The Morgan fingerprint density at radius 3 is 2.82 bits per heavy atom. The third-order valence-corrected chi connectivity index (χ3v) is 2.94. The highest BCUT2D eigenvalue weighted by Crippen LogP contribution is 2.29. The van der Waals surface area contributed by atoms with Gasteiger partial charge in [0.25, 0.3) is 5.69 Å². The van der Waals surface area contributed by atoms with Gasteiger partial charge in [-0.3, -0.25) is 10.1 Å². The van der Waals surface area contributed by atoms with E-state index < -0.39 is 0 Å². The molecule has 1 heterocycles. The molecule has 0 bridgehead atoms. The fourth-order valence-electron chi connectivity index (χ4n) is 2.09. The third kappa shape index (κ3) is 2.01. The molecule has 0 fully saturated rings. The summed E-state index contributed by atoms with van der Waals surface area (Å²) in [6.45, 7) is 0.0420. The van der Waals surface area contributed by atoms with Gasteiger partial charge in [0.2, 0.25) is 0 Å². The molecule has 0 aliphatic rings. The number of aliphatic hydroxyl groups excluding tert-OH is 1. The molecule has 0 saturated heterocycles. The zero-order valence-electron chi connectivity index (χ0n) is 9.59. The number of nitro groups is 1. The number of aryl methyl sites for hydroxylation is 2. The van der Waals surface area contributed by atoms with Crippen molar-refractivity contribution in [1.82, 2.24) is 4.57 Å². The van der Waals surface area contributed by atoms with Crippen LogP contribution in [0.2, 0.25) is 0 Å². The summed E-state index contributed by atoms with van der Waals surface area (Å²) in [6, 6.07) is 5.18. The van der Waals surface area contributed by atoms with Crippen LogP contribution in [0.1, 0.15) is 12.0 Å². The Bertz CT molecular complexity index is 560. The van der Waals surface area contributed by atoms with E-state index in [1.807, 2.05) is 23.9 Å². The lowest BCUT2D eigenvalue weighted by Crippen LogP contribution is -1.98. The van der Waals surface area contributed by atoms with E-state index in [2.05, 4.69) is 0 Å². The average Bonchev–Trinajstić information content (AvgIpc) is 2.68. The third-order valence-electron chi connectivity index (χ3n) is 2.94. The first kappa shape index (κ1) is 11.6. The predicted molar refractivity (Wildman–Crippen MR) is 65.0 cm³/mol. The highest BCUT2D eigenvalue weighted by atomic mass is 16.6. The molecule has 0 atom stereocenters. The van der Waals surface area contributed by atoms with Crippen molar-refractivity contribution in [3.8, 4) is 0 Å². The number of rotatable bonds is 4. The summed E-state index contributed by atoms with van der Waals surface area (Å²) in [4.78, 5) is 10.6. The van der Waals surface area contributed by atoms with Gasteiger partial charge in [0.05, 0.1) is 4.92 Å². The van der Waals surface area contributed by atoms with E-state index in [1.165, 1.54) is 6.07 Å². The molecule has 1 aromatic heterocycles. The Morgan fingerprint density at radius 1 is 1.41 bits per heavy atom. The number of nitrogens with zero attached hydrogens (tertiary/aromatic N) is 2. The normalized spacial score (nSPS) is 10.9. The van der Waals surface area contributed by atoms with E-state index in [9.17, 15) is 10.1 Å². The van der Waals surface area contributed by atoms with Crippen molar-refractivity contribution in [2.24, 2.45) is 7.05 Å². The summed E-state index contributed by atoms with van der Waals surface area (Å²) in [5, 5.41) is 20.7. The second-order valence-electron chi connectivity index (χ2n) is 4.01. The molecule has 0 radical (unpaired) electrons. The van der Waals surface area contributed by atoms with Gasteiger partial charge in [-0.25, -0.2) is 0 Å². The van der Waals surface area contributed by atoms with Gasteiger partial charge in [-0.2, -0.15) is 0 Å². The van der Waals surface area contributed by atoms with Gasteiger partial charge < -0.3 is 9.67 Å². The molecule has 90 valence electrons. The van der Waals surface area contributed by atoms with Crippen molar-refractivity contribution in [1.29, 1.82) is 0 Å². The minimum absolute atomic E-state index is 0.0420. The minimum atomic E-state index is -0.362. The zero-order chi connectivity index (χ0) is 12.4. The van der Waals surface area contributed by atoms with E-state index in [0.717, 1.165) is 10.9 Å². The molecule has 0 aliphatic heterocycles. The molecule has 2 aromatic rings. The van der Waals surface area contributed by atoms with Gasteiger partial charge in [-0.15, -0.1) is 0 Å². The molecule has 0 amide bonds. The molecule has 0 unspecified atom stereocenters. The van der Waals surface area contributed by atoms with Crippen molar-refractivity contribution < 1.29 is 10.0 Å². The van der Waals surface area contributed by atoms with E-state index in [-0.39, 0.29) is 17.2 Å². The summed E-state index contributed by atoms with van der Waals surface area (Å²) in [6.07, 6.45) is 2.94. The topological polar surface area (TPSA) is 68.3 Å². The van der Waals surface area contributed by atoms with Crippen molar-refractivity contribution >= 4 is 16.6 Å². The largest absolute Gasteiger partial charge is 0.396 e. The van der Waals surface area contributed by atoms with Gasteiger partial charge in [0, 0.05) is 42.4 Å². The first-order chi connectivity index (χ1) is 8.15. The van der Waals surface area contributed by atoms with Crippen LogP contribution in [0.3, 0.4) is 0 Å². The summed E-state index contributed by atoms with van der Waals surface area (Å²) >= 11 is 0. The van der Waals surface area contributed by atoms with Crippen LogP contribution < -0.4 is 0 Å². The van der Waals surface area contributed by atoms with E-state index in [4.69, 9.17) is 5.11 Å². The van der Waals surface area contributed by atoms with E-state index in [0.29, 0.717) is 18.4 Å². The number of hydrogen-bond donors (Lipinski definition) is 1. The van der Waals surface area contributed by atoms with Crippen molar-refractivity contribution in [2.45, 2.75) is 12.8 Å². The molecule has 1 aromatic carbocycles. The van der Waals surface area contributed by atoms with Crippen LogP contribution >= 0.6 is 0 Å². The zero-order valence-corrected chi connectivity index (χ0v) is 9.59. The highest BCUT2D eigenvalue weighted by molar-refractivity contribution is 5.87. The van der Waals surface area contributed by atoms with Crippen LogP contribution in [-0.2, 0) is 13.5 Å². The average molecular weight is 234 g/mol. The monoisotopic (exact) mass is 234 g/mol. The summed E-state index contributed by atoms with van der Waals surface area (Å²) < 4.78 is 1.93. The number of aliphatic hydroxyl groups is 1. The van der Waals surface area contributed by atoms with Crippen LogP contribution in [-0.4, -0.2) is 21.2 Å². The number of benzene rings is 1. The maximum atomic E-state index is 11.0. The minimum Gasteiger partial charge on any atom is -0.396 e. The second kappa shape index (κ2) is 4.55. The predicted octanol–water partition coefficient (Wildman–Crippen LogP) is 2.01. The number of aromatic nitrogens is 1. The second-order valence-corrected chi connectivity index (χ2v) is 4.01. The molecule has 17 heavy (non-hydrogen) atoms. The van der Waals surface area contributed by atoms with Gasteiger partial charge in [0.1, 0.15) is 0 Å². The number of hydrogen-bond acceptors (Lipinski definition) is 3. The molecule has 0 saturated carbocycles. The molecular weight excluding hydrogens is 220 g/mol. The Morgan fingerprint density at radius 2 is 2.18 bits per heavy atom. The first-order valence-electron chi connectivity index (χ1n) is 5.47. The van der Waals surface area contributed by atoms with Crippen LogP contribution in [0.25, 0.3) is 10.9 Å². The maximum Gasteiger partial charge on any atom is 0.273 e. The van der Waals surface area contributed by atoms with Crippen LogP contribution in [0.15, 0.2) is 24.4 Å². The molecule has 5 heteroatoms. The van der Waals surface area contributed by atoms with Crippen LogP contribution in [0.4, 0.5) is 5.69 Å². The Kier molecular flexibility index (Phi) is 3.10. The van der Waals surface area contributed by atoms with Gasteiger partial charge in [-0.1, -0.05) is 0 Å². The molecule has 5 nitrogen and oxygen atoms in total. The summed E-state index contributed by atoms with van der Waals surface area (Å²) in [7, 11) is 1.91.